The smallest absolute Gasteiger partial charge is 0.269 e. The molecule has 0 spiro atoms. The van der Waals surface area contributed by atoms with Crippen molar-refractivity contribution < 1.29 is 9.53 Å². The number of hydrogen-bond donors (Lipinski definition) is 0. The zero-order valence-electron chi connectivity index (χ0n) is 10.2. The summed E-state index contributed by atoms with van der Waals surface area (Å²) in [6, 6.07) is 1.88. The predicted molar refractivity (Wildman–Crippen MR) is 71.7 cm³/mol. The Balaban J connectivity index is 1.94. The molecule has 1 fully saturated rings. The molecule has 1 saturated carbocycles. The first-order chi connectivity index (χ1) is 8.66. The maximum atomic E-state index is 12.3. The zero-order chi connectivity index (χ0) is 12.7. The van der Waals surface area contributed by atoms with E-state index in [4.69, 9.17) is 4.74 Å². The second-order valence-corrected chi connectivity index (χ2v) is 5.87. The third-order valence-electron chi connectivity index (χ3n) is 3.77. The average Bonchev–Trinajstić information content (AvgIpc) is 2.87. The first-order valence-electron chi connectivity index (χ1n) is 6.26. The Kier molecular flexibility index (Phi) is 3.01. The molecule has 2 aliphatic rings. The van der Waals surface area contributed by atoms with E-state index in [1.54, 1.807) is 18.1 Å². The lowest BCUT2D eigenvalue weighted by atomic mass is 9.98. The fourth-order valence-corrected chi connectivity index (χ4v) is 3.10. The molecule has 1 aromatic heterocycles. The van der Waals surface area contributed by atoms with Gasteiger partial charge in [-0.15, -0.1) is 0 Å². The van der Waals surface area contributed by atoms with Gasteiger partial charge in [0.2, 0.25) is 0 Å². The molecule has 96 valence electrons. The van der Waals surface area contributed by atoms with Gasteiger partial charge in [-0.1, -0.05) is 12.8 Å². The summed E-state index contributed by atoms with van der Waals surface area (Å²) in [5.41, 5.74) is 0. The summed E-state index contributed by atoms with van der Waals surface area (Å²) in [6.45, 7) is 0. The van der Waals surface area contributed by atoms with E-state index in [0.29, 0.717) is 17.5 Å². The van der Waals surface area contributed by atoms with Gasteiger partial charge in [0.05, 0.1) is 0 Å². The van der Waals surface area contributed by atoms with Gasteiger partial charge in [-0.25, -0.2) is 4.98 Å². The summed E-state index contributed by atoms with van der Waals surface area (Å²) >= 11 is 3.38. The van der Waals surface area contributed by atoms with Gasteiger partial charge in [0.1, 0.15) is 0 Å². The lowest BCUT2D eigenvalue weighted by molar-refractivity contribution is -0.128. The van der Waals surface area contributed by atoms with Gasteiger partial charge in [0, 0.05) is 23.6 Å². The fraction of sp³-hybridized carbons (Fsp3) is 0.538. The number of carbonyl (C=O) groups is 1. The Labute approximate surface area is 114 Å². The van der Waals surface area contributed by atoms with Crippen LogP contribution in [-0.2, 0) is 4.79 Å². The number of nitrogens with zero attached hydrogens (tertiary/aromatic N) is 2. The standard InChI is InChI=1S/C13H15BrN2O2/c1-16-12-10(6-9(14)7-15-12)18-11(13(16)17)8-4-2-3-5-8/h6-8,11H,2-5H2,1H3. The number of fused-ring (bicyclic) bond motifs is 1. The number of aromatic nitrogens is 1. The minimum atomic E-state index is -0.332. The van der Waals surface area contributed by atoms with Crippen LogP contribution >= 0.6 is 15.9 Å². The van der Waals surface area contributed by atoms with Crippen LogP contribution < -0.4 is 9.64 Å². The molecule has 0 aromatic carbocycles. The molecular formula is C13H15BrN2O2. The largest absolute Gasteiger partial charge is 0.476 e. The molecule has 3 rings (SSSR count). The molecule has 1 aliphatic carbocycles. The van der Waals surface area contributed by atoms with E-state index in [0.717, 1.165) is 17.3 Å². The van der Waals surface area contributed by atoms with Gasteiger partial charge in [-0.05, 0) is 34.8 Å². The molecule has 2 heterocycles. The lowest BCUT2D eigenvalue weighted by Crippen LogP contribution is -2.47. The fourth-order valence-electron chi connectivity index (χ4n) is 2.79. The number of halogens is 1. The number of amides is 1. The van der Waals surface area contributed by atoms with E-state index in [1.165, 1.54) is 12.8 Å². The highest BCUT2D eigenvalue weighted by molar-refractivity contribution is 9.10. The van der Waals surface area contributed by atoms with E-state index in [1.807, 2.05) is 6.07 Å². The SMILES string of the molecule is CN1C(=O)C(C2CCCC2)Oc2cc(Br)cnc21. The third-order valence-corrected chi connectivity index (χ3v) is 4.21. The number of carbonyl (C=O) groups excluding carboxylic acids is 1. The number of likely N-dealkylation sites (N-methyl/N-ethyl adjacent to an activating group) is 1. The van der Waals surface area contributed by atoms with Crippen LogP contribution in [0.2, 0.25) is 0 Å². The van der Waals surface area contributed by atoms with Crippen LogP contribution in [0.4, 0.5) is 5.82 Å². The van der Waals surface area contributed by atoms with E-state index in [9.17, 15) is 4.79 Å². The highest BCUT2D eigenvalue weighted by atomic mass is 79.9. The van der Waals surface area contributed by atoms with Crippen molar-refractivity contribution in [2.45, 2.75) is 31.8 Å². The summed E-state index contributed by atoms with van der Waals surface area (Å²) in [7, 11) is 1.77. The highest BCUT2D eigenvalue weighted by Gasteiger charge is 2.39. The predicted octanol–water partition coefficient (Wildman–Crippen LogP) is 2.76. The van der Waals surface area contributed by atoms with Gasteiger partial charge in [-0.2, -0.15) is 0 Å². The maximum absolute atomic E-state index is 12.3. The molecule has 5 heteroatoms. The number of pyridine rings is 1. The molecule has 18 heavy (non-hydrogen) atoms. The second-order valence-electron chi connectivity index (χ2n) is 4.96. The highest BCUT2D eigenvalue weighted by Crippen LogP contribution is 2.38. The van der Waals surface area contributed by atoms with E-state index < -0.39 is 0 Å². The molecule has 0 bridgehead atoms. The molecule has 0 saturated heterocycles. The maximum Gasteiger partial charge on any atom is 0.269 e. The molecule has 0 radical (unpaired) electrons. The molecule has 1 amide bonds. The van der Waals surface area contributed by atoms with Gasteiger partial charge >= 0.3 is 0 Å². The van der Waals surface area contributed by atoms with Crippen molar-refractivity contribution in [2.75, 3.05) is 11.9 Å². The van der Waals surface area contributed by atoms with Crippen molar-refractivity contribution in [1.82, 2.24) is 4.98 Å². The third kappa shape index (κ3) is 1.90. The van der Waals surface area contributed by atoms with Gasteiger partial charge in [0.15, 0.2) is 17.7 Å². The number of hydrogen-bond acceptors (Lipinski definition) is 3. The summed E-state index contributed by atoms with van der Waals surface area (Å²) < 4.78 is 6.77. The van der Waals surface area contributed by atoms with Crippen LogP contribution in [-0.4, -0.2) is 24.0 Å². The van der Waals surface area contributed by atoms with Gasteiger partial charge in [0.25, 0.3) is 5.91 Å². The monoisotopic (exact) mass is 310 g/mol. The van der Waals surface area contributed by atoms with Crippen LogP contribution in [0.25, 0.3) is 0 Å². The topological polar surface area (TPSA) is 42.4 Å². The first-order valence-corrected chi connectivity index (χ1v) is 7.06. The zero-order valence-corrected chi connectivity index (χ0v) is 11.8. The Bertz CT molecular complexity index is 486. The molecule has 1 aliphatic heterocycles. The average molecular weight is 311 g/mol. The Morgan fingerprint density at radius 1 is 1.44 bits per heavy atom. The summed E-state index contributed by atoms with van der Waals surface area (Å²) in [5.74, 6) is 1.69. The van der Waals surface area contributed by atoms with Crippen molar-refractivity contribution >= 4 is 27.7 Å². The van der Waals surface area contributed by atoms with Crippen LogP contribution in [0.15, 0.2) is 16.7 Å². The molecule has 4 nitrogen and oxygen atoms in total. The van der Waals surface area contributed by atoms with Crippen LogP contribution in [0.3, 0.4) is 0 Å². The first kappa shape index (κ1) is 12.0. The van der Waals surface area contributed by atoms with Crippen molar-refractivity contribution in [1.29, 1.82) is 0 Å². The second kappa shape index (κ2) is 4.53. The normalized spacial score (nSPS) is 24.0. The van der Waals surface area contributed by atoms with Crippen molar-refractivity contribution in [2.24, 2.45) is 5.92 Å². The molecule has 0 N–H and O–H groups in total. The van der Waals surface area contributed by atoms with Crippen molar-refractivity contribution in [3.05, 3.63) is 16.7 Å². The Morgan fingerprint density at radius 3 is 2.89 bits per heavy atom. The molecule has 1 aromatic rings. The van der Waals surface area contributed by atoms with Gasteiger partial charge in [-0.3, -0.25) is 9.69 Å². The lowest BCUT2D eigenvalue weighted by Gasteiger charge is -2.33. The Morgan fingerprint density at radius 2 is 2.17 bits per heavy atom. The van der Waals surface area contributed by atoms with Crippen LogP contribution in [0, 0.1) is 5.92 Å². The number of ether oxygens (including phenoxy) is 1. The summed E-state index contributed by atoms with van der Waals surface area (Å²) in [4.78, 5) is 18.2. The number of anilines is 1. The molecular weight excluding hydrogens is 296 g/mol. The van der Waals surface area contributed by atoms with Crippen molar-refractivity contribution in [3.8, 4) is 5.75 Å². The van der Waals surface area contributed by atoms with E-state index in [2.05, 4.69) is 20.9 Å². The van der Waals surface area contributed by atoms with Gasteiger partial charge < -0.3 is 4.74 Å². The summed E-state index contributed by atoms with van der Waals surface area (Å²) in [5, 5.41) is 0. The minimum Gasteiger partial charge on any atom is -0.476 e. The van der Waals surface area contributed by atoms with E-state index in [-0.39, 0.29) is 12.0 Å². The summed E-state index contributed by atoms with van der Waals surface area (Å²) in [6.07, 6.45) is 5.92. The minimum absolute atomic E-state index is 0.0317. The van der Waals surface area contributed by atoms with Crippen molar-refractivity contribution in [3.63, 3.8) is 0 Å². The quantitative estimate of drug-likeness (QED) is 0.801. The Hall–Kier alpha value is -1.10. The molecule has 1 atom stereocenters. The van der Waals surface area contributed by atoms with E-state index >= 15 is 0 Å². The van der Waals surface area contributed by atoms with Crippen LogP contribution in [0.1, 0.15) is 25.7 Å². The molecule has 1 unspecified atom stereocenters. The number of rotatable bonds is 1. The van der Waals surface area contributed by atoms with Crippen LogP contribution in [0.5, 0.6) is 5.75 Å².